The van der Waals surface area contributed by atoms with E-state index in [1.54, 1.807) is 0 Å². The van der Waals surface area contributed by atoms with E-state index in [-0.39, 0.29) is 12.4 Å². The first kappa shape index (κ1) is 20.3. The van der Waals surface area contributed by atoms with Crippen molar-refractivity contribution in [3.63, 3.8) is 0 Å². The molecule has 2 unspecified atom stereocenters. The number of amides is 1. The minimum atomic E-state index is 0. The summed E-state index contributed by atoms with van der Waals surface area (Å²) in [6.45, 7) is 5.46. The second-order valence-electron chi connectivity index (χ2n) is 7.45. The normalized spacial score (nSPS) is 22.4. The van der Waals surface area contributed by atoms with Crippen LogP contribution in [0.15, 0.2) is 30.3 Å². The summed E-state index contributed by atoms with van der Waals surface area (Å²) < 4.78 is 0. The predicted octanol–water partition coefficient (Wildman–Crippen LogP) is 4.37. The Morgan fingerprint density at radius 2 is 1.92 bits per heavy atom. The number of hydrogen-bond donors (Lipinski definition) is 1. The zero-order valence-electron chi connectivity index (χ0n) is 15.5. The lowest BCUT2D eigenvalue weighted by Crippen LogP contribution is -2.39. The van der Waals surface area contributed by atoms with Gasteiger partial charge in [-0.3, -0.25) is 4.79 Å². The quantitative estimate of drug-likeness (QED) is 0.812. The summed E-state index contributed by atoms with van der Waals surface area (Å²) in [5, 5.41) is 3.41. The SMILES string of the molecule is CCC(c1ccccc1)C1CCCN1C(=O)CCC1CCNCC1.Cl. The van der Waals surface area contributed by atoms with Crippen LogP contribution in [0.4, 0.5) is 0 Å². The average molecular weight is 365 g/mol. The standard InChI is InChI=1S/C21H32N2O.ClH/c1-2-19(18-7-4-3-5-8-18)20-9-6-16-23(20)21(24)11-10-17-12-14-22-15-13-17;/h3-5,7-8,17,19-20,22H,2,6,9-16H2,1H3;1H. The molecule has 0 saturated carbocycles. The van der Waals surface area contributed by atoms with E-state index in [9.17, 15) is 4.79 Å². The van der Waals surface area contributed by atoms with Gasteiger partial charge in [-0.2, -0.15) is 0 Å². The van der Waals surface area contributed by atoms with Crippen LogP contribution < -0.4 is 5.32 Å². The van der Waals surface area contributed by atoms with E-state index in [0.29, 0.717) is 17.9 Å². The molecular weight excluding hydrogens is 332 g/mol. The molecule has 0 radical (unpaired) electrons. The molecule has 0 spiro atoms. The van der Waals surface area contributed by atoms with Crippen LogP contribution in [0.3, 0.4) is 0 Å². The highest BCUT2D eigenvalue weighted by Crippen LogP contribution is 2.34. The van der Waals surface area contributed by atoms with Crippen LogP contribution in [0, 0.1) is 5.92 Å². The monoisotopic (exact) mass is 364 g/mol. The van der Waals surface area contributed by atoms with Gasteiger partial charge in [0.1, 0.15) is 0 Å². The minimum Gasteiger partial charge on any atom is -0.339 e. The van der Waals surface area contributed by atoms with E-state index in [1.165, 1.54) is 18.4 Å². The summed E-state index contributed by atoms with van der Waals surface area (Å²) in [6.07, 6.45) is 7.71. The van der Waals surface area contributed by atoms with Crippen molar-refractivity contribution in [1.82, 2.24) is 10.2 Å². The van der Waals surface area contributed by atoms with Crippen molar-refractivity contribution in [3.8, 4) is 0 Å². The van der Waals surface area contributed by atoms with Gasteiger partial charge in [0.05, 0.1) is 0 Å². The van der Waals surface area contributed by atoms with Crippen LogP contribution in [-0.4, -0.2) is 36.5 Å². The maximum atomic E-state index is 12.9. The molecule has 25 heavy (non-hydrogen) atoms. The van der Waals surface area contributed by atoms with Gasteiger partial charge >= 0.3 is 0 Å². The number of piperidine rings is 1. The molecule has 1 aromatic rings. The van der Waals surface area contributed by atoms with Crippen molar-refractivity contribution >= 4 is 18.3 Å². The zero-order chi connectivity index (χ0) is 16.8. The number of carbonyl (C=O) groups is 1. The molecule has 0 bridgehead atoms. The number of benzene rings is 1. The van der Waals surface area contributed by atoms with Crippen LogP contribution in [0.2, 0.25) is 0 Å². The molecule has 0 aliphatic carbocycles. The number of carbonyl (C=O) groups excluding carboxylic acids is 1. The van der Waals surface area contributed by atoms with Gasteiger partial charge in [-0.25, -0.2) is 0 Å². The topological polar surface area (TPSA) is 32.3 Å². The Morgan fingerprint density at radius 3 is 2.60 bits per heavy atom. The molecule has 4 heteroatoms. The third-order valence-electron chi connectivity index (χ3n) is 5.98. The van der Waals surface area contributed by atoms with E-state index in [4.69, 9.17) is 0 Å². The van der Waals surface area contributed by atoms with Crippen LogP contribution in [0.1, 0.15) is 63.4 Å². The Bertz CT molecular complexity index is 516. The molecule has 2 saturated heterocycles. The lowest BCUT2D eigenvalue weighted by molar-refractivity contribution is -0.132. The maximum Gasteiger partial charge on any atom is 0.222 e. The Hall–Kier alpha value is -1.06. The first-order chi connectivity index (χ1) is 11.8. The fourth-order valence-electron chi connectivity index (χ4n) is 4.59. The van der Waals surface area contributed by atoms with E-state index in [0.717, 1.165) is 57.7 Å². The number of rotatable bonds is 6. The lowest BCUT2D eigenvalue weighted by Gasteiger charge is -2.32. The van der Waals surface area contributed by atoms with Gasteiger partial charge in [0.25, 0.3) is 0 Å². The second-order valence-corrected chi connectivity index (χ2v) is 7.45. The largest absolute Gasteiger partial charge is 0.339 e. The Balaban J connectivity index is 0.00000225. The van der Waals surface area contributed by atoms with E-state index < -0.39 is 0 Å². The smallest absolute Gasteiger partial charge is 0.222 e. The summed E-state index contributed by atoms with van der Waals surface area (Å²) in [7, 11) is 0. The fourth-order valence-corrected chi connectivity index (χ4v) is 4.59. The van der Waals surface area contributed by atoms with Gasteiger partial charge in [0, 0.05) is 24.9 Å². The lowest BCUT2D eigenvalue weighted by atomic mass is 9.87. The molecular formula is C21H33ClN2O. The summed E-state index contributed by atoms with van der Waals surface area (Å²) >= 11 is 0. The Labute approximate surface area is 159 Å². The van der Waals surface area contributed by atoms with Crippen molar-refractivity contribution in [2.75, 3.05) is 19.6 Å². The van der Waals surface area contributed by atoms with Crippen molar-refractivity contribution in [2.45, 2.75) is 63.8 Å². The van der Waals surface area contributed by atoms with E-state index in [2.05, 4.69) is 47.5 Å². The van der Waals surface area contributed by atoms with Crippen molar-refractivity contribution in [2.24, 2.45) is 5.92 Å². The summed E-state index contributed by atoms with van der Waals surface area (Å²) in [5.41, 5.74) is 1.39. The van der Waals surface area contributed by atoms with Crippen molar-refractivity contribution < 1.29 is 4.79 Å². The first-order valence-corrected chi connectivity index (χ1v) is 9.84. The highest BCUT2D eigenvalue weighted by molar-refractivity contribution is 5.85. The third-order valence-corrected chi connectivity index (χ3v) is 5.98. The van der Waals surface area contributed by atoms with E-state index in [1.807, 2.05) is 0 Å². The maximum absolute atomic E-state index is 12.9. The highest BCUT2D eigenvalue weighted by atomic mass is 35.5. The van der Waals surface area contributed by atoms with Gasteiger partial charge in [-0.1, -0.05) is 37.3 Å². The van der Waals surface area contributed by atoms with E-state index >= 15 is 0 Å². The van der Waals surface area contributed by atoms with Gasteiger partial charge < -0.3 is 10.2 Å². The molecule has 2 aliphatic heterocycles. The minimum absolute atomic E-state index is 0. The Morgan fingerprint density at radius 1 is 1.20 bits per heavy atom. The fraction of sp³-hybridized carbons (Fsp3) is 0.667. The van der Waals surface area contributed by atoms with Gasteiger partial charge in [0.2, 0.25) is 5.91 Å². The van der Waals surface area contributed by atoms with Crippen molar-refractivity contribution in [1.29, 1.82) is 0 Å². The Kier molecular flexibility index (Phi) is 8.25. The summed E-state index contributed by atoms with van der Waals surface area (Å²) in [5.74, 6) is 1.62. The summed E-state index contributed by atoms with van der Waals surface area (Å²) in [4.78, 5) is 15.1. The predicted molar refractivity (Wildman–Crippen MR) is 106 cm³/mol. The number of likely N-dealkylation sites (tertiary alicyclic amines) is 1. The molecule has 1 N–H and O–H groups in total. The number of halogens is 1. The molecule has 2 fully saturated rings. The first-order valence-electron chi connectivity index (χ1n) is 9.84. The highest BCUT2D eigenvalue weighted by Gasteiger charge is 2.34. The molecule has 1 aromatic carbocycles. The molecule has 140 valence electrons. The van der Waals surface area contributed by atoms with Gasteiger partial charge in [-0.05, 0) is 63.1 Å². The molecule has 1 amide bonds. The van der Waals surface area contributed by atoms with Gasteiger partial charge in [-0.15, -0.1) is 12.4 Å². The number of nitrogens with zero attached hydrogens (tertiary/aromatic N) is 1. The van der Waals surface area contributed by atoms with Crippen LogP contribution in [0.25, 0.3) is 0 Å². The third kappa shape index (κ3) is 5.21. The molecule has 0 aromatic heterocycles. The molecule has 3 rings (SSSR count). The average Bonchev–Trinajstić information content (AvgIpc) is 3.12. The van der Waals surface area contributed by atoms with Crippen LogP contribution in [-0.2, 0) is 4.79 Å². The number of nitrogens with one attached hydrogen (secondary N) is 1. The van der Waals surface area contributed by atoms with Gasteiger partial charge in [0.15, 0.2) is 0 Å². The molecule has 3 nitrogen and oxygen atoms in total. The number of hydrogen-bond acceptors (Lipinski definition) is 2. The van der Waals surface area contributed by atoms with Crippen LogP contribution in [0.5, 0.6) is 0 Å². The zero-order valence-corrected chi connectivity index (χ0v) is 16.3. The summed E-state index contributed by atoms with van der Waals surface area (Å²) in [6, 6.07) is 11.2. The second kappa shape index (κ2) is 10.2. The molecule has 2 heterocycles. The molecule has 2 atom stereocenters. The molecule has 2 aliphatic rings. The van der Waals surface area contributed by atoms with Crippen molar-refractivity contribution in [3.05, 3.63) is 35.9 Å². The van der Waals surface area contributed by atoms with Crippen LogP contribution >= 0.6 is 12.4 Å².